The third-order valence-electron chi connectivity index (χ3n) is 19.5. The van der Waals surface area contributed by atoms with E-state index in [0.29, 0.717) is 0 Å². The van der Waals surface area contributed by atoms with E-state index in [1.165, 1.54) is 168 Å². The number of rotatable bonds is 2. The fourth-order valence-corrected chi connectivity index (χ4v) is 17.1. The monoisotopic (exact) mass is 976 g/mol. The average Bonchev–Trinajstić information content (AvgIpc) is 3.92. The van der Waals surface area contributed by atoms with Crippen LogP contribution in [0.5, 0.6) is 0 Å². The molecule has 5 aliphatic rings. The number of hydrogen-bond acceptors (Lipinski definition) is 4. The summed E-state index contributed by atoms with van der Waals surface area (Å²) in [4.78, 5) is 5.66. The molecule has 0 saturated heterocycles. The topological polar surface area (TPSA) is 6.48 Å². The van der Waals surface area contributed by atoms with Crippen LogP contribution in [-0.4, -0.2) is 6.85 Å². The Morgan fingerprint density at radius 1 is 0.444 bits per heavy atom. The molecule has 2 nitrogen and oxygen atoms in total. The first kappa shape index (κ1) is 45.3. The van der Waals surface area contributed by atoms with Crippen LogP contribution in [0.15, 0.2) is 109 Å². The zero-order valence-electron chi connectivity index (χ0n) is 44.9. The van der Waals surface area contributed by atoms with E-state index in [2.05, 4.69) is 209 Å². The van der Waals surface area contributed by atoms with Crippen molar-refractivity contribution in [1.29, 1.82) is 0 Å². The van der Waals surface area contributed by atoms with Gasteiger partial charge < -0.3 is 9.71 Å². The minimum atomic E-state index is -0.0877. The van der Waals surface area contributed by atoms with Crippen LogP contribution >= 0.6 is 22.7 Å². The number of nitrogens with zero attached hydrogens (tertiary/aromatic N) is 2. The van der Waals surface area contributed by atoms with Gasteiger partial charge in [0.1, 0.15) is 0 Å². The highest BCUT2D eigenvalue weighted by Gasteiger charge is 2.50. The number of benzene rings is 7. The van der Waals surface area contributed by atoms with Crippen LogP contribution in [0.25, 0.3) is 51.5 Å². The van der Waals surface area contributed by atoms with Gasteiger partial charge in [0.2, 0.25) is 0 Å². The largest absolute Gasteiger partial charge is 0.376 e. The lowest BCUT2D eigenvalue weighted by molar-refractivity contribution is 0.332. The molecule has 0 amide bonds. The molecule has 0 unspecified atom stereocenters. The summed E-state index contributed by atoms with van der Waals surface area (Å²) in [6.07, 6.45) is 7.10. The molecule has 9 aromatic rings. The van der Waals surface area contributed by atoms with Gasteiger partial charge in [-0.2, -0.15) is 0 Å². The molecule has 72 heavy (non-hydrogen) atoms. The van der Waals surface area contributed by atoms with Gasteiger partial charge in [0.05, 0.1) is 5.69 Å². The second kappa shape index (κ2) is 14.5. The van der Waals surface area contributed by atoms with E-state index in [9.17, 15) is 0 Å². The highest BCUT2D eigenvalue weighted by molar-refractivity contribution is 7.27. The number of aryl methyl sites for hydroxylation is 1. The Hall–Kier alpha value is -5.36. The summed E-state index contributed by atoms with van der Waals surface area (Å²) in [6.45, 7) is 32.2. The van der Waals surface area contributed by atoms with E-state index in [1.54, 1.807) is 0 Å². The van der Waals surface area contributed by atoms with Gasteiger partial charge in [0.15, 0.2) is 0 Å². The van der Waals surface area contributed by atoms with Crippen LogP contribution in [0, 0.1) is 6.92 Å². The van der Waals surface area contributed by atoms with E-state index in [0.717, 1.165) is 0 Å². The summed E-state index contributed by atoms with van der Waals surface area (Å²) in [7, 11) is 0. The molecule has 0 bridgehead atoms. The van der Waals surface area contributed by atoms with Crippen molar-refractivity contribution < 1.29 is 0 Å². The fraction of sp³-hybridized carbons (Fsp3) is 0.373. The van der Waals surface area contributed by atoms with Gasteiger partial charge in [0, 0.05) is 74.2 Å². The Balaban J connectivity index is 1.19. The van der Waals surface area contributed by atoms with Gasteiger partial charge in [-0.3, -0.25) is 0 Å². The highest BCUT2D eigenvalue weighted by atomic mass is 32.1. The molecule has 5 heteroatoms. The first-order valence-electron chi connectivity index (χ1n) is 27.1. The lowest BCUT2D eigenvalue weighted by Gasteiger charge is -2.49. The minimum absolute atomic E-state index is 0.0395. The first-order chi connectivity index (χ1) is 34.1. The molecule has 14 rings (SSSR count). The Morgan fingerprint density at radius 2 is 0.972 bits per heavy atom. The first-order valence-corrected chi connectivity index (χ1v) is 28.7. The van der Waals surface area contributed by atoms with Gasteiger partial charge in [-0.1, -0.05) is 138 Å². The molecule has 2 aromatic heterocycles. The molecule has 0 N–H and O–H groups in total. The van der Waals surface area contributed by atoms with Crippen molar-refractivity contribution in [2.75, 3.05) is 9.71 Å². The Morgan fingerprint density at radius 3 is 1.61 bits per heavy atom. The third kappa shape index (κ3) is 6.07. The van der Waals surface area contributed by atoms with Gasteiger partial charge in [-0.05, 0) is 182 Å². The molecule has 0 fully saturated rings. The number of hydrogen-bond donors (Lipinski definition) is 0. The zero-order valence-corrected chi connectivity index (χ0v) is 46.6. The van der Waals surface area contributed by atoms with Crippen molar-refractivity contribution in [2.45, 2.75) is 161 Å². The quantitative estimate of drug-likeness (QED) is 0.159. The average molecular weight is 977 g/mol. The van der Waals surface area contributed by atoms with E-state index in [-0.39, 0.29) is 39.3 Å². The Bertz CT molecular complexity index is 3870. The second-order valence-electron chi connectivity index (χ2n) is 26.9. The summed E-state index contributed by atoms with van der Waals surface area (Å²) in [5, 5.41) is 5.44. The molecule has 0 saturated carbocycles. The van der Waals surface area contributed by atoms with Gasteiger partial charge in [-0.15, -0.1) is 22.7 Å². The van der Waals surface area contributed by atoms with E-state index in [1.807, 2.05) is 22.7 Å². The predicted octanol–water partition coefficient (Wildman–Crippen LogP) is 18.5. The molecule has 362 valence electrons. The molecular formula is C67H69BN2S2. The number of anilines is 5. The van der Waals surface area contributed by atoms with Crippen LogP contribution in [-0.2, 0) is 32.5 Å². The maximum atomic E-state index is 2.86. The van der Waals surface area contributed by atoms with Crippen molar-refractivity contribution in [2.24, 2.45) is 0 Å². The number of thiophene rings is 2. The van der Waals surface area contributed by atoms with Crippen molar-refractivity contribution in [3.05, 3.63) is 148 Å². The van der Waals surface area contributed by atoms with E-state index >= 15 is 0 Å². The fourth-order valence-electron chi connectivity index (χ4n) is 14.8. The lowest BCUT2D eigenvalue weighted by atomic mass is 9.43. The van der Waals surface area contributed by atoms with Crippen LogP contribution in [0.2, 0.25) is 0 Å². The molecule has 3 aliphatic carbocycles. The van der Waals surface area contributed by atoms with Gasteiger partial charge in [-0.25, -0.2) is 0 Å². The van der Waals surface area contributed by atoms with Crippen molar-refractivity contribution in [1.82, 2.24) is 0 Å². The molecule has 0 spiro atoms. The second-order valence-corrected chi connectivity index (χ2v) is 29.0. The smallest absolute Gasteiger partial charge is 0.333 e. The maximum Gasteiger partial charge on any atom is 0.333 e. The van der Waals surface area contributed by atoms with E-state index in [4.69, 9.17) is 0 Å². The van der Waals surface area contributed by atoms with Crippen molar-refractivity contribution in [3.8, 4) is 11.1 Å². The van der Waals surface area contributed by atoms with Crippen LogP contribution in [0.4, 0.5) is 28.4 Å². The highest BCUT2D eigenvalue weighted by Crippen LogP contribution is 2.59. The van der Waals surface area contributed by atoms with Crippen LogP contribution in [0.1, 0.15) is 161 Å². The molecule has 4 heterocycles. The van der Waals surface area contributed by atoms with Gasteiger partial charge in [0.25, 0.3) is 0 Å². The summed E-state index contributed by atoms with van der Waals surface area (Å²) in [5.41, 5.74) is 23.1. The SMILES string of the molecule is Cc1cc2c(cc1N1c3cc4c(sc5ccccc54)c4c3B(c3ccc5sc6ccccc6c5c31)N(c1ccc3c(c1)C(C)(C)CCC3(C)C)c1cc3c(cc1-4)C(C)(C)CCC3(C)C)C(C)(C)CCC2(C)C. The molecule has 2 aliphatic heterocycles. The Labute approximate surface area is 436 Å². The molecular weight excluding hydrogens is 908 g/mol. The van der Waals surface area contributed by atoms with Crippen LogP contribution < -0.4 is 20.6 Å². The number of fused-ring (bicyclic) bond motifs is 15. The third-order valence-corrected chi connectivity index (χ3v) is 21.9. The summed E-state index contributed by atoms with van der Waals surface area (Å²) in [6, 6.07) is 44.5. The Kier molecular flexibility index (Phi) is 9.10. The standard InChI is InChI=1S/C67H69BN2S2/c1-38-32-45-48(66(10,11)30-28-63(45,4)5)36-51(38)69-53-35-42-40-18-14-16-20-54(40)72-61(42)58-43-34-47-49(67(12,13)31-29-65(47,8)9)37-52(43)70(39-22-23-44-46(33-39)64(6,7)27-26-62(44,2)3)68(59(53)58)50-24-25-56-57(60(50)69)41-19-15-17-21-55(41)71-56/h14-25,32-37H,26-31H2,1-13H3. The molecule has 0 radical (unpaired) electrons. The summed E-state index contributed by atoms with van der Waals surface area (Å²) < 4.78 is 5.46. The lowest BCUT2D eigenvalue weighted by Crippen LogP contribution is -2.61. The van der Waals surface area contributed by atoms with Crippen molar-refractivity contribution >= 4 is 109 Å². The minimum Gasteiger partial charge on any atom is -0.376 e. The molecule has 0 atom stereocenters. The maximum absolute atomic E-state index is 2.86. The zero-order chi connectivity index (χ0) is 50.0. The van der Waals surface area contributed by atoms with E-state index < -0.39 is 0 Å². The summed E-state index contributed by atoms with van der Waals surface area (Å²) in [5.74, 6) is 0. The predicted molar refractivity (Wildman–Crippen MR) is 317 cm³/mol. The molecule has 7 aromatic carbocycles. The van der Waals surface area contributed by atoms with Crippen LogP contribution in [0.3, 0.4) is 0 Å². The van der Waals surface area contributed by atoms with Crippen molar-refractivity contribution in [3.63, 3.8) is 0 Å². The summed E-state index contributed by atoms with van der Waals surface area (Å²) >= 11 is 3.96. The normalized spacial score (nSPS) is 20.3. The van der Waals surface area contributed by atoms with Gasteiger partial charge >= 0.3 is 6.85 Å².